The molecule has 1 saturated heterocycles. The minimum absolute atomic E-state index is 0.204. The Morgan fingerprint density at radius 2 is 0.632 bits per heavy atom. The van der Waals surface area contributed by atoms with E-state index in [9.17, 15) is 19.2 Å². The Balaban J connectivity index is 3.06. The molecule has 0 aromatic carbocycles. The molecule has 220 valence electrons. The quantitative estimate of drug-likeness (QED) is 0.425. The number of thioether (sulfide) groups is 2. The molecule has 1 aliphatic rings. The molecule has 4 amide bonds. The molecule has 0 saturated carbocycles. The van der Waals surface area contributed by atoms with Gasteiger partial charge in [0.25, 0.3) is 23.6 Å². The molecule has 0 spiro atoms. The first-order valence-electron chi connectivity index (χ1n) is 12.4. The summed E-state index contributed by atoms with van der Waals surface area (Å²) in [6.07, 6.45) is -4.32. The number of ether oxygens (including phenoxy) is 4. The van der Waals surface area contributed by atoms with Gasteiger partial charge >= 0.3 is 0 Å². The monoisotopic (exact) mass is 580 g/mol. The van der Waals surface area contributed by atoms with Gasteiger partial charge in [-0.15, -0.1) is 0 Å². The standard InChI is InChI=1S/C24H44N4O8S2/c1-25(2)21(29)17-18(22(30)26(3)4)34-10-14-38-16-12-36-20(24(32)28(7)8)19(23(31)27(5)6)35-11-15-37-13-9-33-17/h17-20H,9-16H2,1-8H3. The number of rotatable bonds is 4. The predicted octanol–water partition coefficient (Wildman–Crippen LogP) is -0.640. The Labute approximate surface area is 235 Å². The molecule has 1 rings (SSSR count). The summed E-state index contributed by atoms with van der Waals surface area (Å²) in [7, 11) is 12.9. The number of nitrogens with zero attached hydrogens (tertiary/aromatic N) is 4. The zero-order valence-electron chi connectivity index (χ0n) is 23.8. The highest BCUT2D eigenvalue weighted by Gasteiger charge is 2.39. The zero-order valence-corrected chi connectivity index (χ0v) is 25.5. The van der Waals surface area contributed by atoms with Crippen molar-refractivity contribution in [2.45, 2.75) is 24.4 Å². The van der Waals surface area contributed by atoms with E-state index in [-0.39, 0.29) is 50.1 Å². The minimum Gasteiger partial charge on any atom is -0.364 e. The summed E-state index contributed by atoms with van der Waals surface area (Å²) in [5.41, 5.74) is 0. The van der Waals surface area contributed by atoms with Crippen LogP contribution in [-0.2, 0) is 38.1 Å². The van der Waals surface area contributed by atoms with Crippen molar-refractivity contribution in [2.75, 3.05) is 106 Å². The number of carbonyl (C=O) groups excluding carboxylic acids is 4. The van der Waals surface area contributed by atoms with Crippen LogP contribution in [0.5, 0.6) is 0 Å². The molecule has 0 radical (unpaired) electrons. The Hall–Kier alpha value is -1.58. The minimum atomic E-state index is -1.08. The lowest BCUT2D eigenvalue weighted by Crippen LogP contribution is -2.52. The summed E-state index contributed by atoms with van der Waals surface area (Å²) in [4.78, 5) is 57.1. The SMILES string of the molecule is CN(C)C(=O)C1OCCSCCOC(C(=O)N(C)C)C(C(=O)N(C)C)OCCSCCOC1C(=O)N(C)C. The molecule has 0 aromatic heterocycles. The molecular formula is C24H44N4O8S2. The van der Waals surface area contributed by atoms with Gasteiger partial charge in [0.2, 0.25) is 0 Å². The molecule has 38 heavy (non-hydrogen) atoms. The average molecular weight is 581 g/mol. The van der Waals surface area contributed by atoms with Gasteiger partial charge in [0.05, 0.1) is 26.4 Å². The van der Waals surface area contributed by atoms with E-state index in [0.717, 1.165) is 0 Å². The summed E-state index contributed by atoms with van der Waals surface area (Å²) < 4.78 is 23.6. The van der Waals surface area contributed by atoms with Crippen molar-refractivity contribution in [3.8, 4) is 0 Å². The highest BCUT2D eigenvalue weighted by atomic mass is 32.2. The van der Waals surface area contributed by atoms with Crippen LogP contribution in [0.1, 0.15) is 0 Å². The van der Waals surface area contributed by atoms with Crippen molar-refractivity contribution in [1.29, 1.82) is 0 Å². The van der Waals surface area contributed by atoms with Crippen LogP contribution in [0, 0.1) is 0 Å². The summed E-state index contributed by atoms with van der Waals surface area (Å²) >= 11 is 2.99. The van der Waals surface area contributed by atoms with E-state index in [1.807, 2.05) is 0 Å². The molecule has 12 nitrogen and oxygen atoms in total. The first-order chi connectivity index (χ1) is 17.9. The van der Waals surface area contributed by atoms with Gasteiger partial charge in [-0.05, 0) is 0 Å². The van der Waals surface area contributed by atoms with Crippen molar-refractivity contribution in [1.82, 2.24) is 19.6 Å². The Morgan fingerprint density at radius 3 is 0.789 bits per heavy atom. The van der Waals surface area contributed by atoms with Crippen LogP contribution >= 0.6 is 23.5 Å². The fourth-order valence-corrected chi connectivity index (χ4v) is 4.58. The van der Waals surface area contributed by atoms with Crippen LogP contribution in [0.15, 0.2) is 0 Å². The van der Waals surface area contributed by atoms with Gasteiger partial charge < -0.3 is 38.5 Å². The number of likely N-dealkylation sites (N-methyl/N-ethyl adjacent to an activating group) is 4. The summed E-state index contributed by atoms with van der Waals surface area (Å²) in [5.74, 6) is 0.659. The fraction of sp³-hybridized carbons (Fsp3) is 0.833. The molecule has 0 N–H and O–H groups in total. The number of hydrogen-bond acceptors (Lipinski definition) is 10. The number of carbonyl (C=O) groups is 4. The van der Waals surface area contributed by atoms with Gasteiger partial charge in [0.1, 0.15) is 0 Å². The summed E-state index contributed by atoms with van der Waals surface area (Å²) in [6, 6.07) is 0. The van der Waals surface area contributed by atoms with Gasteiger partial charge in [0, 0.05) is 79.4 Å². The average Bonchev–Trinajstić information content (AvgIpc) is 2.86. The third kappa shape index (κ3) is 11.3. The molecule has 1 fully saturated rings. The Kier molecular flexibility index (Phi) is 16.2. The van der Waals surface area contributed by atoms with Crippen molar-refractivity contribution in [3.63, 3.8) is 0 Å². The zero-order chi connectivity index (χ0) is 28.8. The lowest BCUT2D eigenvalue weighted by Gasteiger charge is -2.30. The van der Waals surface area contributed by atoms with Gasteiger partial charge in [0.15, 0.2) is 24.4 Å². The van der Waals surface area contributed by atoms with Crippen molar-refractivity contribution in [3.05, 3.63) is 0 Å². The highest BCUT2D eigenvalue weighted by molar-refractivity contribution is 7.99. The fourth-order valence-electron chi connectivity index (χ4n) is 3.31. The van der Waals surface area contributed by atoms with Crippen LogP contribution < -0.4 is 0 Å². The maximum Gasteiger partial charge on any atom is 0.254 e. The van der Waals surface area contributed by atoms with Gasteiger partial charge in [-0.2, -0.15) is 23.5 Å². The highest BCUT2D eigenvalue weighted by Crippen LogP contribution is 2.16. The van der Waals surface area contributed by atoms with Crippen LogP contribution in [0.2, 0.25) is 0 Å². The van der Waals surface area contributed by atoms with Crippen molar-refractivity contribution in [2.24, 2.45) is 0 Å². The molecule has 14 heteroatoms. The van der Waals surface area contributed by atoms with Crippen LogP contribution in [0.3, 0.4) is 0 Å². The first-order valence-corrected chi connectivity index (χ1v) is 14.7. The van der Waals surface area contributed by atoms with E-state index >= 15 is 0 Å². The second-order valence-corrected chi connectivity index (χ2v) is 11.8. The smallest absolute Gasteiger partial charge is 0.254 e. The molecular weight excluding hydrogens is 536 g/mol. The first kappa shape index (κ1) is 34.4. The maximum absolute atomic E-state index is 12.9. The largest absolute Gasteiger partial charge is 0.364 e. The van der Waals surface area contributed by atoms with E-state index in [4.69, 9.17) is 18.9 Å². The van der Waals surface area contributed by atoms with E-state index in [1.165, 1.54) is 43.1 Å². The van der Waals surface area contributed by atoms with Gasteiger partial charge in [-0.1, -0.05) is 0 Å². The Morgan fingerprint density at radius 1 is 0.447 bits per heavy atom. The van der Waals surface area contributed by atoms with E-state index in [1.54, 1.807) is 56.4 Å². The van der Waals surface area contributed by atoms with Crippen molar-refractivity contribution < 1.29 is 38.1 Å². The molecule has 0 aromatic rings. The van der Waals surface area contributed by atoms with Crippen LogP contribution in [0.25, 0.3) is 0 Å². The number of amides is 4. The molecule has 4 atom stereocenters. The topological polar surface area (TPSA) is 118 Å². The molecule has 0 aliphatic carbocycles. The second kappa shape index (κ2) is 17.9. The van der Waals surface area contributed by atoms with Crippen molar-refractivity contribution >= 4 is 47.2 Å². The van der Waals surface area contributed by atoms with Gasteiger partial charge in [-0.3, -0.25) is 19.2 Å². The van der Waals surface area contributed by atoms with Crippen LogP contribution in [0.4, 0.5) is 0 Å². The lowest BCUT2D eigenvalue weighted by molar-refractivity contribution is -0.165. The molecule has 4 unspecified atom stereocenters. The third-order valence-corrected chi connectivity index (χ3v) is 7.21. The maximum atomic E-state index is 12.9. The third-order valence-electron chi connectivity index (χ3n) is 5.39. The van der Waals surface area contributed by atoms with E-state index in [0.29, 0.717) is 23.0 Å². The van der Waals surface area contributed by atoms with Crippen LogP contribution in [-0.4, -0.2) is 173 Å². The summed E-state index contributed by atoms with van der Waals surface area (Å²) in [5, 5.41) is 0. The number of hydrogen-bond donors (Lipinski definition) is 0. The molecule has 0 bridgehead atoms. The van der Waals surface area contributed by atoms with Gasteiger partial charge in [-0.25, -0.2) is 0 Å². The summed E-state index contributed by atoms with van der Waals surface area (Å²) in [6.45, 7) is 0.814. The normalized spacial score (nSPS) is 24.8. The molecule has 1 heterocycles. The van der Waals surface area contributed by atoms with E-state index < -0.39 is 24.4 Å². The van der Waals surface area contributed by atoms with E-state index in [2.05, 4.69) is 0 Å². The molecule has 1 aliphatic heterocycles. The Bertz CT molecular complexity index is 648. The predicted molar refractivity (Wildman–Crippen MR) is 148 cm³/mol. The lowest BCUT2D eigenvalue weighted by atomic mass is 10.1. The second-order valence-electron chi connectivity index (χ2n) is 9.32.